The molecule has 288 valence electrons. The second kappa shape index (κ2) is 13.6. The van der Waals surface area contributed by atoms with E-state index in [2.05, 4.69) is 170 Å². The number of imidazole rings is 2. The molecular formula is C54H36N4OPd. The zero-order chi connectivity index (χ0) is 39.5. The van der Waals surface area contributed by atoms with Gasteiger partial charge in [0.25, 0.3) is 0 Å². The van der Waals surface area contributed by atoms with Crippen LogP contribution in [-0.4, -0.2) is 18.8 Å². The van der Waals surface area contributed by atoms with E-state index in [-0.39, 0.29) is 20.4 Å². The van der Waals surface area contributed by atoms with Crippen LogP contribution in [0, 0.1) is 39.8 Å². The summed E-state index contributed by atoms with van der Waals surface area (Å²) in [6.07, 6.45) is 0. The molecule has 0 fully saturated rings. The summed E-state index contributed by atoms with van der Waals surface area (Å²) in [6.45, 7) is 8.74. The zero-order valence-corrected chi connectivity index (χ0v) is 34.9. The van der Waals surface area contributed by atoms with Crippen LogP contribution in [0.15, 0.2) is 146 Å². The molecule has 0 saturated heterocycles. The average molecular weight is 863 g/mol. The normalized spacial score (nSPS) is 11.9. The van der Waals surface area contributed by atoms with Gasteiger partial charge in [-0.1, -0.05) is 131 Å². The molecule has 0 N–H and O–H groups in total. The molecule has 0 aliphatic rings. The van der Waals surface area contributed by atoms with E-state index in [4.69, 9.17) is 14.7 Å². The SMILES string of the molecule is Cc1cccc(C)c1-c1ccc2c(c1)c1ccc(Oc3[c-]c4c(cc3)c3ccc(-c5c(C)cccc5C)cc3n3c5ccccc5nc43)[c-]c1c1nc3ccccc3n21.[Pd+2]. The number of pyridine rings is 2. The quantitative estimate of drug-likeness (QED) is 0.101. The predicted octanol–water partition coefficient (Wildman–Crippen LogP) is 13.9. The molecule has 0 bridgehead atoms. The maximum atomic E-state index is 6.71. The minimum absolute atomic E-state index is 0. The molecule has 0 radical (unpaired) electrons. The van der Waals surface area contributed by atoms with Gasteiger partial charge in [0.05, 0.1) is 33.4 Å². The fourth-order valence-electron chi connectivity index (χ4n) is 9.61. The molecule has 60 heavy (non-hydrogen) atoms. The number of rotatable bonds is 4. The molecule has 0 unspecified atom stereocenters. The summed E-state index contributed by atoms with van der Waals surface area (Å²) in [5, 5.41) is 6.21. The summed E-state index contributed by atoms with van der Waals surface area (Å²) >= 11 is 0. The first-order valence-corrected chi connectivity index (χ1v) is 20.1. The third kappa shape index (κ3) is 5.35. The molecule has 0 atom stereocenters. The second-order valence-electron chi connectivity index (χ2n) is 15.8. The van der Waals surface area contributed by atoms with Gasteiger partial charge in [-0.15, -0.1) is 12.1 Å². The number of nitrogens with zero attached hydrogens (tertiary/aromatic N) is 4. The summed E-state index contributed by atoms with van der Waals surface area (Å²) in [7, 11) is 0. The van der Waals surface area contributed by atoms with Crippen LogP contribution in [0.25, 0.3) is 99.0 Å². The summed E-state index contributed by atoms with van der Waals surface area (Å²) < 4.78 is 11.3. The first-order chi connectivity index (χ1) is 28.9. The third-order valence-corrected chi connectivity index (χ3v) is 12.2. The van der Waals surface area contributed by atoms with Crippen molar-refractivity contribution in [1.82, 2.24) is 18.8 Å². The first-order valence-electron chi connectivity index (χ1n) is 20.1. The number of fused-ring (bicyclic) bond motifs is 16. The fraction of sp³-hybridized carbons (Fsp3) is 0.0741. The standard InChI is InChI=1S/C54H36N4O.Pd/c1-31-11-9-12-32(2)51(31)35-20-26-47-42(27-35)40-25-22-38(30-44(40)53-55-45-15-5-7-17-48(45)57(47)53)59-37-21-24-39-41-23-19-36(52-33(3)13-10-14-34(52)4)28-50(41)58-49-18-8-6-16-46(49)56-54(58)43(39)29-37;/h5-28H,1-4H3;/q-2;+2. The van der Waals surface area contributed by atoms with Crippen LogP contribution >= 0.6 is 0 Å². The van der Waals surface area contributed by atoms with Crippen molar-refractivity contribution in [3.05, 3.63) is 180 Å². The van der Waals surface area contributed by atoms with Crippen molar-refractivity contribution in [1.29, 1.82) is 0 Å². The number of para-hydroxylation sites is 4. The maximum Gasteiger partial charge on any atom is 2.00 e. The fourth-order valence-corrected chi connectivity index (χ4v) is 9.61. The van der Waals surface area contributed by atoms with E-state index in [0.29, 0.717) is 11.5 Å². The van der Waals surface area contributed by atoms with E-state index < -0.39 is 0 Å². The van der Waals surface area contributed by atoms with E-state index in [1.807, 2.05) is 24.3 Å². The summed E-state index contributed by atoms with van der Waals surface area (Å²) in [5.41, 5.74) is 17.8. The number of hydrogen-bond donors (Lipinski definition) is 0. The van der Waals surface area contributed by atoms with Gasteiger partial charge in [0.15, 0.2) is 0 Å². The van der Waals surface area contributed by atoms with Crippen LogP contribution in [0.3, 0.4) is 0 Å². The van der Waals surface area contributed by atoms with Gasteiger partial charge in [-0.05, 0) is 119 Å². The van der Waals surface area contributed by atoms with E-state index >= 15 is 0 Å². The Labute approximate surface area is 360 Å². The Hall–Kier alpha value is -6.84. The zero-order valence-electron chi connectivity index (χ0n) is 33.4. The van der Waals surface area contributed by atoms with Crippen LogP contribution in [0.1, 0.15) is 22.3 Å². The summed E-state index contributed by atoms with van der Waals surface area (Å²) in [5.74, 6) is 1.19. The molecule has 5 nitrogen and oxygen atoms in total. The third-order valence-electron chi connectivity index (χ3n) is 12.2. The number of ether oxygens (including phenoxy) is 1. The van der Waals surface area contributed by atoms with Crippen LogP contribution in [0.2, 0.25) is 0 Å². The molecule has 6 heteroatoms. The Kier molecular flexibility index (Phi) is 8.22. The van der Waals surface area contributed by atoms with Gasteiger partial charge in [0, 0.05) is 22.5 Å². The summed E-state index contributed by atoms with van der Waals surface area (Å²) in [6, 6.07) is 58.9. The maximum absolute atomic E-state index is 6.71. The van der Waals surface area contributed by atoms with Crippen molar-refractivity contribution in [3.63, 3.8) is 0 Å². The number of hydrogen-bond acceptors (Lipinski definition) is 3. The van der Waals surface area contributed by atoms with Crippen molar-refractivity contribution in [3.8, 4) is 33.8 Å². The van der Waals surface area contributed by atoms with Crippen LogP contribution in [0.5, 0.6) is 11.5 Å². The largest absolute Gasteiger partial charge is 2.00 e. The molecule has 4 heterocycles. The molecule has 0 spiro atoms. The number of aromatic nitrogens is 4. The van der Waals surface area contributed by atoms with Crippen molar-refractivity contribution < 1.29 is 25.2 Å². The minimum atomic E-state index is 0. The van der Waals surface area contributed by atoms with Gasteiger partial charge in [-0.3, -0.25) is 9.97 Å². The van der Waals surface area contributed by atoms with Crippen molar-refractivity contribution in [2.24, 2.45) is 0 Å². The Bertz CT molecular complexity index is 3720. The van der Waals surface area contributed by atoms with E-state index in [1.165, 1.54) is 44.5 Å². The molecule has 0 aliphatic heterocycles. The average Bonchev–Trinajstić information content (AvgIpc) is 3.84. The van der Waals surface area contributed by atoms with Gasteiger partial charge in [0.1, 0.15) is 0 Å². The first kappa shape index (κ1) is 36.3. The molecule has 8 aromatic carbocycles. The van der Waals surface area contributed by atoms with Gasteiger partial charge >= 0.3 is 20.4 Å². The topological polar surface area (TPSA) is 43.8 Å². The van der Waals surface area contributed by atoms with Crippen molar-refractivity contribution in [2.45, 2.75) is 27.7 Å². The molecular weight excluding hydrogens is 827 g/mol. The van der Waals surface area contributed by atoms with Crippen LogP contribution in [-0.2, 0) is 20.4 Å². The molecule has 0 aliphatic carbocycles. The Balaban J connectivity index is 0.00000408. The Morgan fingerprint density at radius 3 is 1.45 bits per heavy atom. The summed E-state index contributed by atoms with van der Waals surface area (Å²) in [4.78, 5) is 10.4. The number of benzene rings is 8. The van der Waals surface area contributed by atoms with E-state index in [9.17, 15) is 0 Å². The van der Waals surface area contributed by atoms with E-state index in [1.54, 1.807) is 0 Å². The van der Waals surface area contributed by atoms with Crippen molar-refractivity contribution >= 4 is 76.7 Å². The minimum Gasteiger partial charge on any atom is -0.497 e. The van der Waals surface area contributed by atoms with E-state index in [0.717, 1.165) is 76.7 Å². The van der Waals surface area contributed by atoms with Gasteiger partial charge in [-0.2, -0.15) is 0 Å². The Morgan fingerprint density at radius 1 is 0.417 bits per heavy atom. The molecule has 0 amide bonds. The second-order valence-corrected chi connectivity index (χ2v) is 15.8. The molecule has 0 saturated carbocycles. The molecule has 12 aromatic rings. The van der Waals surface area contributed by atoms with Gasteiger partial charge in [-0.25, -0.2) is 0 Å². The smallest absolute Gasteiger partial charge is 0.497 e. The van der Waals surface area contributed by atoms with Gasteiger partial charge in [0.2, 0.25) is 0 Å². The molecule has 12 rings (SSSR count). The van der Waals surface area contributed by atoms with Crippen LogP contribution < -0.4 is 4.74 Å². The van der Waals surface area contributed by atoms with Crippen LogP contribution in [0.4, 0.5) is 0 Å². The molecule has 4 aromatic heterocycles. The number of aryl methyl sites for hydroxylation is 4. The monoisotopic (exact) mass is 862 g/mol. The van der Waals surface area contributed by atoms with Gasteiger partial charge < -0.3 is 13.5 Å². The predicted molar refractivity (Wildman–Crippen MR) is 243 cm³/mol. The van der Waals surface area contributed by atoms with Crippen molar-refractivity contribution in [2.75, 3.05) is 0 Å². The Morgan fingerprint density at radius 2 is 0.883 bits per heavy atom.